The Hall–Kier alpha value is -1.57. The van der Waals surface area contributed by atoms with Gasteiger partial charge in [-0.15, -0.1) is 0 Å². The average molecular weight is 244 g/mol. The van der Waals surface area contributed by atoms with Crippen molar-refractivity contribution in [2.24, 2.45) is 0 Å². The van der Waals surface area contributed by atoms with Gasteiger partial charge < -0.3 is 4.74 Å². The van der Waals surface area contributed by atoms with Crippen LogP contribution in [-0.4, -0.2) is 12.6 Å². The molecule has 0 bridgehead atoms. The molecule has 0 aromatic heterocycles. The monoisotopic (exact) mass is 244 g/mol. The van der Waals surface area contributed by atoms with Gasteiger partial charge in [-0.1, -0.05) is 23.3 Å². The quantitative estimate of drug-likeness (QED) is 0.593. The van der Waals surface area contributed by atoms with Crippen molar-refractivity contribution in [2.45, 2.75) is 39.5 Å². The SMILES string of the molecule is CCOC(=O)c1ccc(CC(C)=C2CCC2)cc1. The minimum absolute atomic E-state index is 0.238. The molecule has 1 fully saturated rings. The number of allylic oxidation sites excluding steroid dienone is 2. The second kappa shape index (κ2) is 5.85. The summed E-state index contributed by atoms with van der Waals surface area (Å²) >= 11 is 0. The summed E-state index contributed by atoms with van der Waals surface area (Å²) in [5.41, 5.74) is 5.00. The fourth-order valence-corrected chi connectivity index (χ4v) is 2.18. The topological polar surface area (TPSA) is 26.3 Å². The highest BCUT2D eigenvalue weighted by atomic mass is 16.5. The first-order valence-electron chi connectivity index (χ1n) is 6.64. The van der Waals surface area contributed by atoms with Gasteiger partial charge in [0, 0.05) is 0 Å². The number of ether oxygens (including phenoxy) is 1. The number of esters is 1. The maximum absolute atomic E-state index is 11.5. The first kappa shape index (κ1) is 12.9. The maximum Gasteiger partial charge on any atom is 0.338 e. The van der Waals surface area contributed by atoms with E-state index in [1.807, 2.05) is 31.2 Å². The summed E-state index contributed by atoms with van der Waals surface area (Å²) in [6.45, 7) is 4.46. The normalized spacial score (nSPS) is 14.0. The molecule has 1 aliphatic carbocycles. The van der Waals surface area contributed by atoms with E-state index >= 15 is 0 Å². The molecule has 96 valence electrons. The van der Waals surface area contributed by atoms with Crippen molar-refractivity contribution >= 4 is 5.97 Å². The van der Waals surface area contributed by atoms with Gasteiger partial charge in [0.25, 0.3) is 0 Å². The summed E-state index contributed by atoms with van der Waals surface area (Å²) in [5.74, 6) is -0.238. The van der Waals surface area contributed by atoms with E-state index in [-0.39, 0.29) is 5.97 Å². The molecule has 1 aromatic carbocycles. The molecule has 0 unspecified atom stereocenters. The predicted octanol–water partition coefficient (Wildman–Crippen LogP) is 3.91. The fourth-order valence-electron chi connectivity index (χ4n) is 2.18. The minimum Gasteiger partial charge on any atom is -0.462 e. The van der Waals surface area contributed by atoms with E-state index in [1.54, 1.807) is 5.57 Å². The van der Waals surface area contributed by atoms with Crippen LogP contribution in [0.1, 0.15) is 49.0 Å². The van der Waals surface area contributed by atoms with Gasteiger partial charge in [-0.05, 0) is 57.2 Å². The molecule has 1 saturated carbocycles. The molecule has 0 aliphatic heterocycles. The Labute approximate surface area is 109 Å². The summed E-state index contributed by atoms with van der Waals surface area (Å²) in [6.07, 6.45) is 4.88. The van der Waals surface area contributed by atoms with Crippen LogP contribution in [0, 0.1) is 0 Å². The van der Waals surface area contributed by atoms with Crippen molar-refractivity contribution in [3.8, 4) is 0 Å². The van der Waals surface area contributed by atoms with Crippen LogP contribution < -0.4 is 0 Å². The molecule has 1 aromatic rings. The lowest BCUT2D eigenvalue weighted by molar-refractivity contribution is 0.0526. The number of hydrogen-bond acceptors (Lipinski definition) is 2. The van der Waals surface area contributed by atoms with E-state index < -0.39 is 0 Å². The van der Waals surface area contributed by atoms with Gasteiger partial charge >= 0.3 is 5.97 Å². The van der Waals surface area contributed by atoms with E-state index in [1.165, 1.54) is 30.4 Å². The standard InChI is InChI=1S/C16H20O2/c1-3-18-16(17)15-9-7-13(8-10-15)11-12(2)14-5-4-6-14/h7-10H,3-6,11H2,1-2H3. The number of carbonyl (C=O) groups is 1. The summed E-state index contributed by atoms with van der Waals surface area (Å²) < 4.78 is 4.97. The van der Waals surface area contributed by atoms with Crippen molar-refractivity contribution in [2.75, 3.05) is 6.61 Å². The smallest absolute Gasteiger partial charge is 0.338 e. The van der Waals surface area contributed by atoms with Gasteiger partial charge in [0.2, 0.25) is 0 Å². The van der Waals surface area contributed by atoms with Crippen LogP contribution in [0.5, 0.6) is 0 Å². The van der Waals surface area contributed by atoms with Gasteiger partial charge in [0.05, 0.1) is 12.2 Å². The van der Waals surface area contributed by atoms with Gasteiger partial charge in [0.15, 0.2) is 0 Å². The van der Waals surface area contributed by atoms with Crippen molar-refractivity contribution in [3.05, 3.63) is 46.5 Å². The van der Waals surface area contributed by atoms with Crippen molar-refractivity contribution in [3.63, 3.8) is 0 Å². The predicted molar refractivity (Wildman–Crippen MR) is 72.7 cm³/mol. The largest absolute Gasteiger partial charge is 0.462 e. The van der Waals surface area contributed by atoms with Crippen LogP contribution in [0.3, 0.4) is 0 Å². The molecule has 18 heavy (non-hydrogen) atoms. The molecule has 0 N–H and O–H groups in total. The molecule has 2 rings (SSSR count). The van der Waals surface area contributed by atoms with Crippen LogP contribution in [0.2, 0.25) is 0 Å². The Morgan fingerprint density at radius 2 is 1.89 bits per heavy atom. The van der Waals surface area contributed by atoms with Crippen molar-refractivity contribution in [1.82, 2.24) is 0 Å². The van der Waals surface area contributed by atoms with Gasteiger partial charge in [0.1, 0.15) is 0 Å². The first-order valence-corrected chi connectivity index (χ1v) is 6.64. The Morgan fingerprint density at radius 3 is 2.39 bits per heavy atom. The zero-order valence-corrected chi connectivity index (χ0v) is 11.2. The lowest BCUT2D eigenvalue weighted by atomic mass is 9.86. The van der Waals surface area contributed by atoms with Crippen LogP contribution in [0.4, 0.5) is 0 Å². The van der Waals surface area contributed by atoms with E-state index in [0.717, 1.165) is 6.42 Å². The summed E-state index contributed by atoms with van der Waals surface area (Å²) in [4.78, 5) is 11.5. The van der Waals surface area contributed by atoms with Crippen molar-refractivity contribution in [1.29, 1.82) is 0 Å². The summed E-state index contributed by atoms with van der Waals surface area (Å²) in [5, 5.41) is 0. The second-order valence-corrected chi connectivity index (χ2v) is 4.83. The maximum atomic E-state index is 11.5. The number of rotatable bonds is 4. The molecule has 2 heteroatoms. The molecule has 1 aliphatic rings. The van der Waals surface area contributed by atoms with Gasteiger partial charge in [-0.2, -0.15) is 0 Å². The molecular weight excluding hydrogens is 224 g/mol. The van der Waals surface area contributed by atoms with Gasteiger partial charge in [-0.3, -0.25) is 0 Å². The number of benzene rings is 1. The van der Waals surface area contributed by atoms with Gasteiger partial charge in [-0.25, -0.2) is 4.79 Å². The van der Waals surface area contributed by atoms with Crippen LogP contribution in [0.25, 0.3) is 0 Å². The highest BCUT2D eigenvalue weighted by molar-refractivity contribution is 5.89. The number of hydrogen-bond donors (Lipinski definition) is 0. The van der Waals surface area contributed by atoms with Crippen LogP contribution in [0.15, 0.2) is 35.4 Å². The third-order valence-electron chi connectivity index (χ3n) is 3.50. The van der Waals surface area contributed by atoms with Crippen molar-refractivity contribution < 1.29 is 9.53 Å². The Morgan fingerprint density at radius 1 is 1.22 bits per heavy atom. The van der Waals surface area contributed by atoms with Crippen LogP contribution >= 0.6 is 0 Å². The third kappa shape index (κ3) is 3.00. The second-order valence-electron chi connectivity index (χ2n) is 4.83. The highest BCUT2D eigenvalue weighted by Gasteiger charge is 2.12. The average Bonchev–Trinajstić information content (AvgIpc) is 2.27. The Balaban J connectivity index is 2.01. The molecule has 0 atom stereocenters. The third-order valence-corrected chi connectivity index (χ3v) is 3.50. The van der Waals surface area contributed by atoms with E-state index in [2.05, 4.69) is 6.92 Å². The fraction of sp³-hybridized carbons (Fsp3) is 0.438. The zero-order chi connectivity index (χ0) is 13.0. The first-order chi connectivity index (χ1) is 8.70. The van der Waals surface area contributed by atoms with E-state index in [9.17, 15) is 4.79 Å². The molecule has 0 saturated heterocycles. The lowest BCUT2D eigenvalue weighted by Crippen LogP contribution is -2.05. The molecule has 0 amide bonds. The Kier molecular flexibility index (Phi) is 4.19. The van der Waals surface area contributed by atoms with Crippen LogP contribution in [-0.2, 0) is 11.2 Å². The summed E-state index contributed by atoms with van der Waals surface area (Å²) in [7, 11) is 0. The zero-order valence-electron chi connectivity index (χ0n) is 11.2. The summed E-state index contributed by atoms with van der Waals surface area (Å²) in [6, 6.07) is 7.75. The molecule has 0 spiro atoms. The lowest BCUT2D eigenvalue weighted by Gasteiger charge is -2.20. The molecule has 2 nitrogen and oxygen atoms in total. The minimum atomic E-state index is -0.238. The molecular formula is C16H20O2. The van der Waals surface area contributed by atoms with E-state index in [4.69, 9.17) is 4.74 Å². The number of carbonyl (C=O) groups excluding carboxylic acids is 1. The van der Waals surface area contributed by atoms with E-state index in [0.29, 0.717) is 12.2 Å². The Bertz CT molecular complexity index is 448. The molecule has 0 heterocycles. The highest BCUT2D eigenvalue weighted by Crippen LogP contribution is 2.29. The molecule has 0 radical (unpaired) electrons.